The molecule has 27 heavy (non-hydrogen) atoms. The standard InChI is InChI=1S/C16H8Cl2N4O5/c17-12-5-4-9(7-14(12)22(25)26)6-13(18)16-20-19-15(27-16)10-2-1-3-11(8-10)21(23)24/h1-8H/b13-6-. The summed E-state index contributed by atoms with van der Waals surface area (Å²) in [4.78, 5) is 20.6. The van der Waals surface area contributed by atoms with E-state index in [1.807, 2.05) is 0 Å². The molecule has 0 radical (unpaired) electrons. The van der Waals surface area contributed by atoms with Gasteiger partial charge in [-0.2, -0.15) is 0 Å². The second-order valence-corrected chi connectivity index (χ2v) is 5.99. The Morgan fingerprint density at radius 2 is 1.85 bits per heavy atom. The van der Waals surface area contributed by atoms with E-state index in [-0.39, 0.29) is 33.2 Å². The van der Waals surface area contributed by atoms with E-state index in [4.69, 9.17) is 27.6 Å². The van der Waals surface area contributed by atoms with Crippen LogP contribution in [0.1, 0.15) is 11.5 Å². The summed E-state index contributed by atoms with van der Waals surface area (Å²) in [7, 11) is 0. The predicted molar refractivity (Wildman–Crippen MR) is 98.2 cm³/mol. The van der Waals surface area contributed by atoms with Gasteiger partial charge in [-0.25, -0.2) is 0 Å². The largest absolute Gasteiger partial charge is 0.415 e. The molecular formula is C16H8Cl2N4O5. The van der Waals surface area contributed by atoms with E-state index in [0.717, 1.165) is 0 Å². The normalized spacial score (nSPS) is 11.4. The Kier molecular flexibility index (Phi) is 5.15. The average Bonchev–Trinajstić information content (AvgIpc) is 3.13. The molecule has 0 bridgehead atoms. The zero-order valence-electron chi connectivity index (χ0n) is 13.2. The second kappa shape index (κ2) is 7.52. The molecule has 0 fully saturated rings. The van der Waals surface area contributed by atoms with Gasteiger partial charge in [0.25, 0.3) is 17.3 Å². The van der Waals surface area contributed by atoms with Gasteiger partial charge in [-0.05, 0) is 23.8 Å². The highest BCUT2D eigenvalue weighted by Gasteiger charge is 2.16. The third-order valence-electron chi connectivity index (χ3n) is 3.39. The van der Waals surface area contributed by atoms with Gasteiger partial charge in [-0.15, -0.1) is 10.2 Å². The first-order valence-electron chi connectivity index (χ1n) is 7.25. The number of halogens is 2. The Hall–Kier alpha value is -3.30. The summed E-state index contributed by atoms with van der Waals surface area (Å²) >= 11 is 11.9. The summed E-state index contributed by atoms with van der Waals surface area (Å²) in [5.74, 6) is -0.00175. The van der Waals surface area contributed by atoms with Crippen LogP contribution in [0, 0.1) is 20.2 Å². The zero-order valence-corrected chi connectivity index (χ0v) is 14.7. The smallest absolute Gasteiger partial charge is 0.288 e. The summed E-state index contributed by atoms with van der Waals surface area (Å²) in [6.07, 6.45) is 1.40. The van der Waals surface area contributed by atoms with E-state index in [0.29, 0.717) is 11.1 Å². The third-order valence-corrected chi connectivity index (χ3v) is 3.98. The van der Waals surface area contributed by atoms with Crippen LogP contribution in [0.5, 0.6) is 0 Å². The van der Waals surface area contributed by atoms with Gasteiger partial charge in [0.15, 0.2) is 0 Å². The van der Waals surface area contributed by atoms with Crippen molar-refractivity contribution in [3.63, 3.8) is 0 Å². The first-order chi connectivity index (χ1) is 12.8. The van der Waals surface area contributed by atoms with E-state index in [9.17, 15) is 20.2 Å². The average molecular weight is 407 g/mol. The molecule has 3 rings (SSSR count). The second-order valence-electron chi connectivity index (χ2n) is 5.18. The molecule has 1 aromatic heterocycles. The molecular weight excluding hydrogens is 399 g/mol. The monoisotopic (exact) mass is 406 g/mol. The van der Waals surface area contributed by atoms with Gasteiger partial charge in [0.05, 0.1) is 9.85 Å². The molecule has 9 nitrogen and oxygen atoms in total. The molecule has 11 heteroatoms. The van der Waals surface area contributed by atoms with Crippen molar-refractivity contribution in [1.82, 2.24) is 10.2 Å². The SMILES string of the molecule is O=[N+]([O-])c1cccc(-c2nnc(/C(Cl)=C/c3ccc(Cl)c([N+](=O)[O-])c3)o2)c1. The maximum absolute atomic E-state index is 10.9. The highest BCUT2D eigenvalue weighted by Crippen LogP contribution is 2.30. The fourth-order valence-electron chi connectivity index (χ4n) is 2.16. The Morgan fingerprint density at radius 1 is 1.07 bits per heavy atom. The molecule has 0 saturated heterocycles. The number of nitro benzene ring substituents is 2. The number of rotatable bonds is 5. The fourth-order valence-corrected chi connectivity index (χ4v) is 2.55. The highest BCUT2D eigenvalue weighted by molar-refractivity contribution is 6.50. The van der Waals surface area contributed by atoms with Gasteiger partial charge in [0, 0.05) is 23.8 Å². The lowest BCUT2D eigenvalue weighted by Gasteiger charge is -1.98. The van der Waals surface area contributed by atoms with Crippen molar-refractivity contribution in [2.24, 2.45) is 0 Å². The van der Waals surface area contributed by atoms with Crippen LogP contribution in [-0.2, 0) is 0 Å². The molecule has 3 aromatic rings. The van der Waals surface area contributed by atoms with Crippen molar-refractivity contribution in [2.45, 2.75) is 0 Å². The summed E-state index contributed by atoms with van der Waals surface area (Å²) in [6.45, 7) is 0. The van der Waals surface area contributed by atoms with Gasteiger partial charge in [-0.3, -0.25) is 20.2 Å². The minimum Gasteiger partial charge on any atom is -0.415 e. The predicted octanol–water partition coefficient (Wildman–Crippen LogP) is 4.94. The molecule has 0 atom stereocenters. The van der Waals surface area contributed by atoms with Crippen LogP contribution in [0.2, 0.25) is 5.02 Å². The van der Waals surface area contributed by atoms with E-state index in [1.165, 1.54) is 42.5 Å². The lowest BCUT2D eigenvalue weighted by atomic mass is 10.2. The molecule has 0 spiro atoms. The minimum atomic E-state index is -0.610. The highest BCUT2D eigenvalue weighted by atomic mass is 35.5. The molecule has 1 heterocycles. The first kappa shape index (κ1) is 18.5. The van der Waals surface area contributed by atoms with Crippen molar-refractivity contribution in [1.29, 1.82) is 0 Å². The third kappa shape index (κ3) is 4.10. The van der Waals surface area contributed by atoms with Gasteiger partial charge in [0.2, 0.25) is 5.89 Å². The van der Waals surface area contributed by atoms with Crippen LogP contribution in [0.4, 0.5) is 11.4 Å². The van der Waals surface area contributed by atoms with Crippen LogP contribution in [-0.4, -0.2) is 20.0 Å². The van der Waals surface area contributed by atoms with E-state index < -0.39 is 9.85 Å². The van der Waals surface area contributed by atoms with Crippen molar-refractivity contribution in [3.8, 4) is 11.5 Å². The molecule has 0 aliphatic heterocycles. The van der Waals surface area contributed by atoms with Gasteiger partial charge < -0.3 is 4.42 Å². The van der Waals surface area contributed by atoms with Crippen molar-refractivity contribution in [3.05, 3.63) is 79.2 Å². The number of hydrogen-bond acceptors (Lipinski definition) is 7. The lowest BCUT2D eigenvalue weighted by molar-refractivity contribution is -0.384. The number of non-ortho nitro benzene ring substituents is 1. The van der Waals surface area contributed by atoms with Crippen molar-refractivity contribution >= 4 is 45.7 Å². The van der Waals surface area contributed by atoms with Gasteiger partial charge in [0.1, 0.15) is 10.1 Å². The maximum atomic E-state index is 10.9. The molecule has 2 aromatic carbocycles. The summed E-state index contributed by atoms with van der Waals surface area (Å²) in [5, 5.41) is 29.4. The molecule has 136 valence electrons. The van der Waals surface area contributed by atoms with E-state index >= 15 is 0 Å². The van der Waals surface area contributed by atoms with Crippen molar-refractivity contribution in [2.75, 3.05) is 0 Å². The topological polar surface area (TPSA) is 125 Å². The zero-order chi connectivity index (χ0) is 19.6. The van der Waals surface area contributed by atoms with Gasteiger partial charge >= 0.3 is 0 Å². The number of hydrogen-bond donors (Lipinski definition) is 0. The molecule has 0 amide bonds. The minimum absolute atomic E-state index is 0.000907. The lowest BCUT2D eigenvalue weighted by Crippen LogP contribution is -1.89. The van der Waals surface area contributed by atoms with E-state index in [2.05, 4.69) is 10.2 Å². The van der Waals surface area contributed by atoms with Crippen LogP contribution in [0.15, 0.2) is 46.9 Å². The summed E-state index contributed by atoms with van der Waals surface area (Å²) in [6, 6.07) is 9.85. The molecule has 0 N–H and O–H groups in total. The first-order valence-corrected chi connectivity index (χ1v) is 8.00. The van der Waals surface area contributed by atoms with Crippen LogP contribution in [0.25, 0.3) is 22.6 Å². The number of nitro groups is 2. The quantitative estimate of drug-likeness (QED) is 0.433. The summed E-state index contributed by atoms with van der Waals surface area (Å²) < 4.78 is 5.43. The number of nitrogens with zero attached hydrogens (tertiary/aromatic N) is 4. The van der Waals surface area contributed by atoms with Crippen LogP contribution >= 0.6 is 23.2 Å². The fraction of sp³-hybridized carbons (Fsp3) is 0. The van der Waals surface area contributed by atoms with Gasteiger partial charge in [-0.1, -0.05) is 35.3 Å². The van der Waals surface area contributed by atoms with Crippen molar-refractivity contribution < 1.29 is 14.3 Å². The van der Waals surface area contributed by atoms with E-state index in [1.54, 1.807) is 6.07 Å². The molecule has 0 saturated carbocycles. The Labute approximate surface area is 161 Å². The Balaban J connectivity index is 1.91. The Morgan fingerprint density at radius 3 is 2.56 bits per heavy atom. The molecule has 0 aliphatic carbocycles. The molecule has 0 aliphatic rings. The number of aromatic nitrogens is 2. The van der Waals surface area contributed by atoms with Crippen LogP contribution < -0.4 is 0 Å². The Bertz CT molecular complexity index is 1080. The van der Waals surface area contributed by atoms with Crippen LogP contribution in [0.3, 0.4) is 0 Å². The summed E-state index contributed by atoms with van der Waals surface area (Å²) in [5.41, 5.74) is 0.376. The number of benzene rings is 2. The molecule has 0 unspecified atom stereocenters. The maximum Gasteiger partial charge on any atom is 0.288 e.